The Bertz CT molecular complexity index is 1010. The van der Waals surface area contributed by atoms with Crippen molar-refractivity contribution >= 4 is 34.4 Å². The van der Waals surface area contributed by atoms with Crippen molar-refractivity contribution in [3.8, 4) is 11.5 Å². The molecule has 1 aromatic heterocycles. The molecule has 0 atom stereocenters. The number of anilines is 1. The molecule has 3 rings (SSSR count). The van der Waals surface area contributed by atoms with Gasteiger partial charge in [-0.3, -0.25) is 4.90 Å². The number of halogens is 3. The number of hydrogen-bond acceptors (Lipinski definition) is 5. The number of thiocarbonyl (C=S) groups is 1. The van der Waals surface area contributed by atoms with Crippen LogP contribution in [0.25, 0.3) is 0 Å². The zero-order chi connectivity index (χ0) is 23.1. The highest BCUT2D eigenvalue weighted by Crippen LogP contribution is 2.30. The quantitative estimate of drug-likeness (QED) is 0.364. The fourth-order valence-electron chi connectivity index (χ4n) is 2.86. The minimum atomic E-state index is -4.39. The van der Waals surface area contributed by atoms with Crippen LogP contribution in [0.4, 0.5) is 18.9 Å². The Morgan fingerprint density at radius 1 is 1.03 bits per heavy atom. The first kappa shape index (κ1) is 24.0. The van der Waals surface area contributed by atoms with Crippen LogP contribution in [0.15, 0.2) is 65.4 Å². The van der Waals surface area contributed by atoms with Crippen molar-refractivity contribution in [2.45, 2.75) is 12.7 Å². The van der Waals surface area contributed by atoms with Gasteiger partial charge in [0.25, 0.3) is 5.17 Å². The summed E-state index contributed by atoms with van der Waals surface area (Å²) in [6, 6.07) is 13.9. The molecule has 0 fully saturated rings. The second-order valence-electron chi connectivity index (χ2n) is 7.16. The molecule has 0 bridgehead atoms. The number of alkyl halides is 3. The van der Waals surface area contributed by atoms with E-state index in [0.29, 0.717) is 12.4 Å². The van der Waals surface area contributed by atoms with E-state index < -0.39 is 11.7 Å². The summed E-state index contributed by atoms with van der Waals surface area (Å²) in [5.74, 6) is 0.923. The fourth-order valence-corrected chi connectivity index (χ4v) is 3.72. The highest BCUT2D eigenvalue weighted by Gasteiger charge is 2.30. The monoisotopic (exact) mass is 480 g/mol. The summed E-state index contributed by atoms with van der Waals surface area (Å²) in [6.45, 7) is 2.16. The van der Waals surface area contributed by atoms with E-state index in [1.165, 1.54) is 17.7 Å². The number of benzene rings is 2. The van der Waals surface area contributed by atoms with Crippen molar-refractivity contribution in [2.75, 3.05) is 32.1 Å². The summed E-state index contributed by atoms with van der Waals surface area (Å²) in [6.07, 6.45) is -4.39. The number of hydrogen-bond donors (Lipinski definition) is 0. The molecule has 0 saturated heterocycles. The van der Waals surface area contributed by atoms with Gasteiger partial charge in [0, 0.05) is 31.9 Å². The van der Waals surface area contributed by atoms with Gasteiger partial charge in [-0.05, 0) is 78.1 Å². The van der Waals surface area contributed by atoms with Crippen LogP contribution < -0.4 is 14.4 Å². The van der Waals surface area contributed by atoms with E-state index in [1.54, 1.807) is 23.3 Å². The Hall–Kier alpha value is -2.62. The normalized spacial score (nSPS) is 11.4. The van der Waals surface area contributed by atoms with Gasteiger partial charge in [-0.1, -0.05) is 6.07 Å². The first-order chi connectivity index (χ1) is 15.2. The molecule has 2 aromatic carbocycles. The molecule has 9 heteroatoms. The van der Waals surface area contributed by atoms with E-state index in [1.807, 2.05) is 31.3 Å². The van der Waals surface area contributed by atoms with Crippen molar-refractivity contribution < 1.29 is 22.6 Å². The summed E-state index contributed by atoms with van der Waals surface area (Å²) in [7, 11) is 3.77. The van der Waals surface area contributed by atoms with Crippen molar-refractivity contribution in [1.82, 2.24) is 4.90 Å². The standard InChI is InChI=1S/C23H23F3N2O2S2/c1-27(15-17-10-13-32-16-17)11-12-29-21-5-3-4-19(14-21)28(2)22(31)30-20-8-6-18(7-9-20)23(24,25)26/h3-10,13-14,16H,11-12,15H2,1-2H3. The van der Waals surface area contributed by atoms with Crippen LogP contribution in [0.5, 0.6) is 11.5 Å². The Labute approximate surface area is 194 Å². The lowest BCUT2D eigenvalue weighted by Crippen LogP contribution is -2.29. The molecule has 0 aliphatic heterocycles. The van der Waals surface area contributed by atoms with Crippen LogP contribution in [-0.2, 0) is 12.7 Å². The topological polar surface area (TPSA) is 24.9 Å². The average Bonchev–Trinajstić information content (AvgIpc) is 3.26. The maximum absolute atomic E-state index is 12.7. The highest BCUT2D eigenvalue weighted by molar-refractivity contribution is 7.80. The third kappa shape index (κ3) is 6.94. The predicted octanol–water partition coefficient (Wildman–Crippen LogP) is 6.08. The molecular weight excluding hydrogens is 457 g/mol. The van der Waals surface area contributed by atoms with Crippen molar-refractivity contribution in [1.29, 1.82) is 0 Å². The molecule has 32 heavy (non-hydrogen) atoms. The minimum absolute atomic E-state index is 0.109. The molecular formula is C23H23F3N2O2S2. The first-order valence-corrected chi connectivity index (χ1v) is 11.1. The summed E-state index contributed by atoms with van der Waals surface area (Å²) in [5, 5.41) is 4.30. The SMILES string of the molecule is CN(CCOc1cccc(N(C)C(=S)Oc2ccc(C(F)(F)F)cc2)c1)Cc1ccsc1. The molecule has 0 N–H and O–H groups in total. The fraction of sp³-hybridized carbons (Fsp3) is 0.261. The smallest absolute Gasteiger partial charge is 0.416 e. The number of ether oxygens (including phenoxy) is 2. The molecule has 0 radical (unpaired) electrons. The Morgan fingerprint density at radius 2 is 1.78 bits per heavy atom. The van der Waals surface area contributed by atoms with E-state index in [4.69, 9.17) is 21.7 Å². The van der Waals surface area contributed by atoms with Gasteiger partial charge >= 0.3 is 6.18 Å². The maximum Gasteiger partial charge on any atom is 0.416 e. The molecule has 0 unspecified atom stereocenters. The van der Waals surface area contributed by atoms with E-state index in [2.05, 4.69) is 21.7 Å². The van der Waals surface area contributed by atoms with Crippen molar-refractivity contribution in [3.63, 3.8) is 0 Å². The van der Waals surface area contributed by atoms with Crippen LogP contribution >= 0.6 is 23.6 Å². The van der Waals surface area contributed by atoms with E-state index in [-0.39, 0.29) is 10.9 Å². The predicted molar refractivity (Wildman–Crippen MR) is 126 cm³/mol. The molecule has 0 aliphatic rings. The molecule has 0 spiro atoms. The second-order valence-corrected chi connectivity index (χ2v) is 8.29. The largest absolute Gasteiger partial charge is 0.492 e. The zero-order valence-electron chi connectivity index (χ0n) is 17.6. The minimum Gasteiger partial charge on any atom is -0.492 e. The number of nitrogens with zero attached hydrogens (tertiary/aromatic N) is 2. The lowest BCUT2D eigenvalue weighted by molar-refractivity contribution is -0.137. The Morgan fingerprint density at radius 3 is 2.44 bits per heavy atom. The van der Waals surface area contributed by atoms with E-state index in [0.717, 1.165) is 30.9 Å². The zero-order valence-corrected chi connectivity index (χ0v) is 19.3. The van der Waals surface area contributed by atoms with Crippen LogP contribution in [0.3, 0.4) is 0 Å². The van der Waals surface area contributed by atoms with E-state index in [9.17, 15) is 13.2 Å². The van der Waals surface area contributed by atoms with Gasteiger partial charge < -0.3 is 14.4 Å². The lowest BCUT2D eigenvalue weighted by Gasteiger charge is -2.21. The molecule has 170 valence electrons. The van der Waals surface area contributed by atoms with Crippen LogP contribution in [0.1, 0.15) is 11.1 Å². The van der Waals surface area contributed by atoms with Gasteiger partial charge in [-0.15, -0.1) is 0 Å². The first-order valence-electron chi connectivity index (χ1n) is 9.77. The third-order valence-corrected chi connectivity index (χ3v) is 5.73. The van der Waals surface area contributed by atoms with Crippen LogP contribution in [0.2, 0.25) is 0 Å². The summed E-state index contributed by atoms with van der Waals surface area (Å²) >= 11 is 6.98. The summed E-state index contributed by atoms with van der Waals surface area (Å²) < 4.78 is 49.5. The average molecular weight is 481 g/mol. The molecule has 0 amide bonds. The van der Waals surface area contributed by atoms with Crippen LogP contribution in [0, 0.1) is 0 Å². The van der Waals surface area contributed by atoms with Gasteiger partial charge in [0.2, 0.25) is 0 Å². The Balaban J connectivity index is 1.52. The van der Waals surface area contributed by atoms with Gasteiger partial charge in [0.05, 0.1) is 5.56 Å². The summed E-state index contributed by atoms with van der Waals surface area (Å²) in [5.41, 5.74) is 1.28. The molecule has 3 aromatic rings. The number of rotatable bonds is 8. The van der Waals surface area contributed by atoms with Gasteiger partial charge in [0.15, 0.2) is 0 Å². The molecule has 0 saturated carbocycles. The molecule has 0 aliphatic carbocycles. The molecule has 1 heterocycles. The van der Waals surface area contributed by atoms with Gasteiger partial charge in [-0.2, -0.15) is 24.5 Å². The van der Waals surface area contributed by atoms with Gasteiger partial charge in [-0.25, -0.2) is 0 Å². The lowest BCUT2D eigenvalue weighted by atomic mass is 10.2. The van der Waals surface area contributed by atoms with E-state index >= 15 is 0 Å². The second kappa shape index (κ2) is 10.8. The summed E-state index contributed by atoms with van der Waals surface area (Å²) in [4.78, 5) is 3.81. The highest BCUT2D eigenvalue weighted by atomic mass is 32.1. The van der Waals surface area contributed by atoms with Gasteiger partial charge in [0.1, 0.15) is 18.1 Å². The third-order valence-electron chi connectivity index (χ3n) is 4.64. The van der Waals surface area contributed by atoms with Crippen molar-refractivity contribution in [3.05, 3.63) is 76.5 Å². The maximum atomic E-state index is 12.7. The van der Waals surface area contributed by atoms with Crippen LogP contribution in [-0.4, -0.2) is 37.3 Å². The Kier molecular flexibility index (Phi) is 8.11. The van der Waals surface area contributed by atoms with Crippen molar-refractivity contribution in [2.24, 2.45) is 0 Å². The molecule has 4 nitrogen and oxygen atoms in total. The number of likely N-dealkylation sites (N-methyl/N-ethyl adjacent to an activating group) is 1. The number of thiophene rings is 1.